The van der Waals surface area contributed by atoms with E-state index in [4.69, 9.17) is 4.74 Å². The van der Waals surface area contributed by atoms with Gasteiger partial charge in [0, 0.05) is 18.8 Å². The van der Waals surface area contributed by atoms with Crippen molar-refractivity contribution in [2.45, 2.75) is 39.2 Å². The molecular formula is C17H29NO2S. The highest BCUT2D eigenvalue weighted by atomic mass is 32.2. The molecule has 0 aliphatic carbocycles. The number of nitrogens with zero attached hydrogens (tertiary/aromatic N) is 1. The maximum Gasteiger partial charge on any atom is 0.117 e. The first-order valence-corrected chi connectivity index (χ1v) is 8.93. The fourth-order valence-electron chi connectivity index (χ4n) is 2.37. The highest BCUT2D eigenvalue weighted by Crippen LogP contribution is 2.32. The van der Waals surface area contributed by atoms with Crippen molar-refractivity contribution in [3.8, 4) is 0 Å². The zero-order valence-electron chi connectivity index (χ0n) is 13.5. The molecule has 0 amide bonds. The summed E-state index contributed by atoms with van der Waals surface area (Å²) in [5, 5.41) is 9.83. The average Bonchev–Trinajstić information content (AvgIpc) is 2.79. The second-order valence-electron chi connectivity index (χ2n) is 4.88. The van der Waals surface area contributed by atoms with Crippen LogP contribution in [0.2, 0.25) is 0 Å². The molecule has 1 atom stereocenters. The van der Waals surface area contributed by atoms with Gasteiger partial charge in [-0.25, -0.2) is 4.31 Å². The Hall–Kier alpha value is -0.550. The van der Waals surface area contributed by atoms with Gasteiger partial charge in [-0.05, 0) is 18.4 Å². The maximum absolute atomic E-state index is 9.83. The monoisotopic (exact) mass is 311 g/mol. The quantitative estimate of drug-likeness (QED) is 0.841. The molecule has 2 rings (SSSR count). The van der Waals surface area contributed by atoms with Crippen molar-refractivity contribution in [1.82, 2.24) is 4.31 Å². The molecule has 0 spiro atoms. The standard InChI is InChI=1S/C15H23NO2S.C2H6/c1-2-12-19-16-9-8-15(13-17,18-11-10-16)14-6-4-3-5-7-14;1-2/h3-7,17H,2,8-13H2,1H3;1-2H3. The molecule has 1 aromatic rings. The number of aliphatic hydroxyl groups excluding tert-OH is 1. The average molecular weight is 311 g/mol. The number of aliphatic hydroxyl groups is 1. The third-order valence-corrected chi connectivity index (χ3v) is 4.84. The summed E-state index contributed by atoms with van der Waals surface area (Å²) in [7, 11) is 0. The normalized spacial score (nSPS) is 23.0. The van der Waals surface area contributed by atoms with Crippen molar-refractivity contribution >= 4 is 11.9 Å². The molecular weight excluding hydrogens is 282 g/mol. The summed E-state index contributed by atoms with van der Waals surface area (Å²) in [6.45, 7) is 8.80. The Kier molecular flexibility index (Phi) is 9.00. The SMILES string of the molecule is CC.CCCSN1CCOC(CO)(c2ccccc2)CC1. The van der Waals surface area contributed by atoms with E-state index in [9.17, 15) is 5.11 Å². The van der Waals surface area contributed by atoms with Crippen LogP contribution in [0.5, 0.6) is 0 Å². The number of hydrogen-bond acceptors (Lipinski definition) is 4. The third-order valence-electron chi connectivity index (χ3n) is 3.52. The van der Waals surface area contributed by atoms with Crippen LogP contribution in [0.15, 0.2) is 30.3 Å². The molecule has 0 aromatic heterocycles. The van der Waals surface area contributed by atoms with Gasteiger partial charge in [-0.3, -0.25) is 0 Å². The summed E-state index contributed by atoms with van der Waals surface area (Å²) in [5.74, 6) is 1.15. The minimum Gasteiger partial charge on any atom is -0.393 e. The highest BCUT2D eigenvalue weighted by Gasteiger charge is 2.35. The van der Waals surface area contributed by atoms with E-state index < -0.39 is 5.60 Å². The van der Waals surface area contributed by atoms with Crippen molar-refractivity contribution in [2.24, 2.45) is 0 Å². The number of hydrogen-bond donors (Lipinski definition) is 1. The van der Waals surface area contributed by atoms with Crippen LogP contribution in [0.1, 0.15) is 39.2 Å². The fourth-order valence-corrected chi connectivity index (χ4v) is 3.23. The lowest BCUT2D eigenvalue weighted by molar-refractivity contribution is -0.0791. The summed E-state index contributed by atoms with van der Waals surface area (Å²) in [5.41, 5.74) is 0.558. The second-order valence-corrected chi connectivity index (χ2v) is 6.06. The largest absolute Gasteiger partial charge is 0.393 e. The van der Waals surface area contributed by atoms with Gasteiger partial charge in [-0.2, -0.15) is 0 Å². The lowest BCUT2D eigenvalue weighted by Gasteiger charge is -2.31. The number of ether oxygens (including phenoxy) is 1. The van der Waals surface area contributed by atoms with Crippen molar-refractivity contribution in [3.05, 3.63) is 35.9 Å². The Bertz CT molecular complexity index is 374. The van der Waals surface area contributed by atoms with Gasteiger partial charge >= 0.3 is 0 Å². The summed E-state index contributed by atoms with van der Waals surface area (Å²) in [4.78, 5) is 0. The van der Waals surface area contributed by atoms with Crippen molar-refractivity contribution in [3.63, 3.8) is 0 Å². The predicted molar refractivity (Wildman–Crippen MR) is 91.4 cm³/mol. The minimum absolute atomic E-state index is 0.0449. The van der Waals surface area contributed by atoms with Gasteiger partial charge in [0.2, 0.25) is 0 Å². The molecule has 1 heterocycles. The van der Waals surface area contributed by atoms with Gasteiger partial charge in [0.15, 0.2) is 0 Å². The van der Waals surface area contributed by atoms with Crippen LogP contribution in [0.3, 0.4) is 0 Å². The Labute approximate surface area is 133 Å². The summed E-state index contributed by atoms with van der Waals surface area (Å²) in [6.07, 6.45) is 2.02. The molecule has 1 saturated heterocycles. The number of rotatable bonds is 5. The van der Waals surface area contributed by atoms with Gasteiger partial charge in [-0.1, -0.05) is 63.1 Å². The van der Waals surface area contributed by atoms with E-state index in [-0.39, 0.29) is 6.61 Å². The van der Waals surface area contributed by atoms with Crippen LogP contribution >= 0.6 is 11.9 Å². The van der Waals surface area contributed by atoms with E-state index in [1.54, 1.807) is 0 Å². The second kappa shape index (κ2) is 10.2. The van der Waals surface area contributed by atoms with Gasteiger partial charge in [0.05, 0.1) is 13.2 Å². The van der Waals surface area contributed by atoms with Gasteiger partial charge in [0.25, 0.3) is 0 Å². The minimum atomic E-state index is -0.525. The Balaban J connectivity index is 0.00000106. The molecule has 0 radical (unpaired) electrons. The molecule has 3 nitrogen and oxygen atoms in total. The first-order valence-electron chi connectivity index (χ1n) is 7.99. The Morgan fingerprint density at radius 1 is 1.24 bits per heavy atom. The molecule has 1 aliphatic heterocycles. The van der Waals surface area contributed by atoms with Crippen LogP contribution in [0.25, 0.3) is 0 Å². The van der Waals surface area contributed by atoms with E-state index in [2.05, 4.69) is 11.2 Å². The molecule has 120 valence electrons. The van der Waals surface area contributed by atoms with Crippen LogP contribution in [-0.4, -0.2) is 41.5 Å². The first-order chi connectivity index (χ1) is 10.3. The molecule has 0 saturated carbocycles. The zero-order valence-corrected chi connectivity index (χ0v) is 14.4. The van der Waals surface area contributed by atoms with E-state index in [0.29, 0.717) is 6.61 Å². The zero-order chi connectivity index (χ0) is 15.6. The predicted octanol–water partition coefficient (Wildman–Crippen LogP) is 3.68. The summed E-state index contributed by atoms with van der Waals surface area (Å²) >= 11 is 1.89. The van der Waals surface area contributed by atoms with Crippen molar-refractivity contribution in [2.75, 3.05) is 32.1 Å². The van der Waals surface area contributed by atoms with E-state index in [0.717, 1.165) is 30.8 Å². The lowest BCUT2D eigenvalue weighted by Crippen LogP contribution is -2.34. The van der Waals surface area contributed by atoms with E-state index in [1.165, 1.54) is 6.42 Å². The van der Waals surface area contributed by atoms with Gasteiger partial charge in [-0.15, -0.1) is 0 Å². The highest BCUT2D eigenvalue weighted by molar-refractivity contribution is 7.97. The Morgan fingerprint density at radius 2 is 1.95 bits per heavy atom. The van der Waals surface area contributed by atoms with Crippen molar-refractivity contribution < 1.29 is 9.84 Å². The van der Waals surface area contributed by atoms with Crippen LogP contribution in [-0.2, 0) is 10.3 Å². The molecule has 1 unspecified atom stereocenters. The molecule has 1 fully saturated rings. The maximum atomic E-state index is 9.83. The smallest absolute Gasteiger partial charge is 0.117 e. The molecule has 1 aromatic carbocycles. The van der Waals surface area contributed by atoms with Crippen LogP contribution < -0.4 is 0 Å². The molecule has 4 heteroatoms. The van der Waals surface area contributed by atoms with Crippen LogP contribution in [0, 0.1) is 0 Å². The molecule has 1 N–H and O–H groups in total. The van der Waals surface area contributed by atoms with Crippen LogP contribution in [0.4, 0.5) is 0 Å². The topological polar surface area (TPSA) is 32.7 Å². The molecule has 21 heavy (non-hydrogen) atoms. The van der Waals surface area contributed by atoms with E-state index in [1.807, 2.05) is 56.1 Å². The van der Waals surface area contributed by atoms with Gasteiger partial charge < -0.3 is 9.84 Å². The van der Waals surface area contributed by atoms with E-state index >= 15 is 0 Å². The molecule has 1 aliphatic rings. The van der Waals surface area contributed by atoms with Gasteiger partial charge in [0.1, 0.15) is 5.60 Å². The van der Waals surface area contributed by atoms with Crippen molar-refractivity contribution in [1.29, 1.82) is 0 Å². The lowest BCUT2D eigenvalue weighted by atomic mass is 9.91. The summed E-state index contributed by atoms with van der Waals surface area (Å²) in [6, 6.07) is 10.1. The third kappa shape index (κ3) is 5.29. The first kappa shape index (κ1) is 18.5. The Morgan fingerprint density at radius 3 is 2.57 bits per heavy atom. The molecule has 0 bridgehead atoms. The number of benzene rings is 1. The summed E-state index contributed by atoms with van der Waals surface area (Å²) < 4.78 is 8.40. The fraction of sp³-hybridized carbons (Fsp3) is 0.647.